The van der Waals surface area contributed by atoms with Crippen molar-refractivity contribution in [3.63, 3.8) is 0 Å². The summed E-state index contributed by atoms with van der Waals surface area (Å²) in [6.45, 7) is 2.23. The van der Waals surface area contributed by atoms with Gasteiger partial charge in [-0.05, 0) is 12.8 Å². The molecule has 0 aliphatic carbocycles. The molecule has 0 amide bonds. The van der Waals surface area contributed by atoms with Crippen molar-refractivity contribution in [1.82, 2.24) is 0 Å². The van der Waals surface area contributed by atoms with Gasteiger partial charge < -0.3 is 0 Å². The lowest BCUT2D eigenvalue weighted by molar-refractivity contribution is -0.104. The highest BCUT2D eigenvalue weighted by atomic mass is 35.5. The van der Waals surface area contributed by atoms with E-state index >= 15 is 0 Å². The van der Waals surface area contributed by atoms with E-state index in [1.54, 1.807) is 6.08 Å². The summed E-state index contributed by atoms with van der Waals surface area (Å²) >= 11 is 5.54. The molecule has 0 unspecified atom stereocenters. The van der Waals surface area contributed by atoms with Crippen LogP contribution in [0.2, 0.25) is 0 Å². The molecule has 1 nitrogen and oxygen atoms in total. The van der Waals surface area contributed by atoms with Gasteiger partial charge in [-0.3, -0.25) is 4.79 Å². The van der Waals surface area contributed by atoms with Crippen molar-refractivity contribution < 1.29 is 4.79 Å². The maximum Gasteiger partial charge on any atom is 0.161 e. The van der Waals surface area contributed by atoms with Crippen LogP contribution in [-0.2, 0) is 4.79 Å². The first kappa shape index (κ1) is 13.7. The van der Waals surface area contributed by atoms with Crippen molar-refractivity contribution in [3.05, 3.63) is 11.1 Å². The minimum atomic E-state index is 0.344. The van der Waals surface area contributed by atoms with Gasteiger partial charge >= 0.3 is 0 Å². The number of allylic oxidation sites excluding steroid dienone is 2. The van der Waals surface area contributed by atoms with Crippen molar-refractivity contribution in [3.8, 4) is 0 Å². The predicted octanol–water partition coefficient (Wildman–Crippen LogP) is 4.45. The Hall–Kier alpha value is -0.300. The molecule has 0 radical (unpaired) electrons. The third-order valence-corrected chi connectivity index (χ3v) is 2.50. The minimum Gasteiger partial charge on any atom is -0.297 e. The van der Waals surface area contributed by atoms with Gasteiger partial charge in [0.15, 0.2) is 6.29 Å². The normalized spacial score (nSPS) is 11.7. The van der Waals surface area contributed by atoms with Crippen LogP contribution >= 0.6 is 11.6 Å². The number of carbonyl (C=O) groups excluding carboxylic acids is 1. The lowest BCUT2D eigenvalue weighted by Gasteiger charge is -1.98. The summed E-state index contributed by atoms with van der Waals surface area (Å²) in [6, 6.07) is 0. The van der Waals surface area contributed by atoms with E-state index in [-0.39, 0.29) is 0 Å². The maximum absolute atomic E-state index is 10.1. The highest BCUT2D eigenvalue weighted by Gasteiger charge is 1.91. The predicted molar refractivity (Wildman–Crippen MR) is 62.6 cm³/mol. The SMILES string of the molecule is CCCCCCCCC/C=C(\Cl)C=O. The Kier molecular flexibility index (Phi) is 10.5. The van der Waals surface area contributed by atoms with Crippen molar-refractivity contribution in [2.45, 2.75) is 58.3 Å². The molecule has 0 bridgehead atoms. The zero-order valence-electron chi connectivity index (χ0n) is 9.10. The summed E-state index contributed by atoms with van der Waals surface area (Å²) in [4.78, 5) is 10.1. The Bertz CT molecular complexity index is 164. The van der Waals surface area contributed by atoms with E-state index in [0.717, 1.165) is 12.8 Å². The van der Waals surface area contributed by atoms with Gasteiger partial charge in [0.2, 0.25) is 0 Å². The molecule has 0 aromatic heterocycles. The van der Waals surface area contributed by atoms with E-state index < -0.39 is 0 Å². The molecule has 2 heteroatoms. The molecule has 0 saturated carbocycles. The third-order valence-electron chi connectivity index (χ3n) is 2.26. The van der Waals surface area contributed by atoms with Gasteiger partial charge in [0.05, 0.1) is 5.03 Å². The highest BCUT2D eigenvalue weighted by Crippen LogP contribution is 2.09. The van der Waals surface area contributed by atoms with Crippen LogP contribution in [0, 0.1) is 0 Å². The smallest absolute Gasteiger partial charge is 0.161 e. The molecule has 0 saturated heterocycles. The van der Waals surface area contributed by atoms with Gasteiger partial charge in [-0.15, -0.1) is 0 Å². The van der Waals surface area contributed by atoms with Crippen molar-refractivity contribution in [2.24, 2.45) is 0 Å². The van der Waals surface area contributed by atoms with Crippen LogP contribution in [-0.4, -0.2) is 6.29 Å². The van der Waals surface area contributed by atoms with Gasteiger partial charge in [-0.2, -0.15) is 0 Å². The molecule has 0 heterocycles. The van der Waals surface area contributed by atoms with Crippen LogP contribution < -0.4 is 0 Å². The summed E-state index contributed by atoms with van der Waals surface area (Å²) < 4.78 is 0. The van der Waals surface area contributed by atoms with Gasteiger partial charge in [0, 0.05) is 0 Å². The molecule has 0 fully saturated rings. The largest absolute Gasteiger partial charge is 0.297 e. The fourth-order valence-corrected chi connectivity index (χ4v) is 1.50. The minimum absolute atomic E-state index is 0.344. The van der Waals surface area contributed by atoms with Crippen molar-refractivity contribution in [1.29, 1.82) is 0 Å². The van der Waals surface area contributed by atoms with Gasteiger partial charge in [-0.25, -0.2) is 0 Å². The van der Waals surface area contributed by atoms with Crippen LogP contribution in [0.4, 0.5) is 0 Å². The highest BCUT2D eigenvalue weighted by molar-refractivity contribution is 6.38. The molecule has 0 aromatic rings. The molecule has 14 heavy (non-hydrogen) atoms. The molecule has 0 atom stereocenters. The lowest BCUT2D eigenvalue weighted by atomic mass is 10.1. The van der Waals surface area contributed by atoms with E-state index in [2.05, 4.69) is 6.92 Å². The molecule has 0 aliphatic rings. The van der Waals surface area contributed by atoms with E-state index in [9.17, 15) is 4.79 Å². The second kappa shape index (κ2) is 10.8. The molecular formula is C12H21ClO. The Balaban J connectivity index is 3.10. The monoisotopic (exact) mass is 216 g/mol. The molecule has 0 N–H and O–H groups in total. The molecular weight excluding hydrogens is 196 g/mol. The number of hydrogen-bond acceptors (Lipinski definition) is 1. The first-order valence-corrected chi connectivity index (χ1v) is 6.00. The molecule has 0 spiro atoms. The second-order valence-corrected chi connectivity index (χ2v) is 4.05. The number of unbranched alkanes of at least 4 members (excludes halogenated alkanes) is 7. The lowest BCUT2D eigenvalue weighted by Crippen LogP contribution is -1.80. The fourth-order valence-electron chi connectivity index (χ4n) is 1.39. The Labute approximate surface area is 92.5 Å². The van der Waals surface area contributed by atoms with E-state index in [0.29, 0.717) is 11.3 Å². The molecule has 0 aromatic carbocycles. The average molecular weight is 217 g/mol. The van der Waals surface area contributed by atoms with Gasteiger partial charge in [0.25, 0.3) is 0 Å². The maximum atomic E-state index is 10.1. The van der Waals surface area contributed by atoms with Crippen LogP contribution in [0.5, 0.6) is 0 Å². The number of halogens is 1. The summed E-state index contributed by atoms with van der Waals surface area (Å²) in [5.41, 5.74) is 0. The Morgan fingerprint density at radius 3 is 2.21 bits per heavy atom. The van der Waals surface area contributed by atoms with Crippen molar-refractivity contribution in [2.75, 3.05) is 0 Å². The third kappa shape index (κ3) is 9.79. The standard InChI is InChI=1S/C12H21ClO/c1-2-3-4-5-6-7-8-9-10-12(13)11-14/h10-11H,2-9H2,1H3/b12-10-. The van der Waals surface area contributed by atoms with Gasteiger partial charge in [0.1, 0.15) is 0 Å². The first-order chi connectivity index (χ1) is 6.81. The first-order valence-electron chi connectivity index (χ1n) is 5.62. The zero-order valence-corrected chi connectivity index (χ0v) is 9.85. The number of carbonyl (C=O) groups is 1. The Morgan fingerprint density at radius 2 is 1.64 bits per heavy atom. The summed E-state index contributed by atoms with van der Waals surface area (Å²) in [5.74, 6) is 0. The number of aldehydes is 1. The van der Waals surface area contributed by atoms with Crippen LogP contribution in [0.25, 0.3) is 0 Å². The van der Waals surface area contributed by atoms with E-state index in [1.807, 2.05) is 0 Å². The van der Waals surface area contributed by atoms with E-state index in [1.165, 1.54) is 38.5 Å². The quantitative estimate of drug-likeness (QED) is 0.316. The Morgan fingerprint density at radius 1 is 1.07 bits per heavy atom. The average Bonchev–Trinajstić information content (AvgIpc) is 2.21. The molecule has 82 valence electrons. The van der Waals surface area contributed by atoms with E-state index in [4.69, 9.17) is 11.6 Å². The molecule has 0 aliphatic heterocycles. The van der Waals surface area contributed by atoms with Gasteiger partial charge in [-0.1, -0.05) is 63.1 Å². The van der Waals surface area contributed by atoms with Crippen LogP contribution in [0.15, 0.2) is 11.1 Å². The van der Waals surface area contributed by atoms with Crippen LogP contribution in [0.3, 0.4) is 0 Å². The summed E-state index contributed by atoms with van der Waals surface area (Å²) in [6.07, 6.45) is 12.5. The summed E-state index contributed by atoms with van der Waals surface area (Å²) in [5, 5.41) is 0.344. The molecule has 0 rings (SSSR count). The fraction of sp³-hybridized carbons (Fsp3) is 0.750. The zero-order chi connectivity index (χ0) is 10.6. The number of rotatable bonds is 9. The number of hydrogen-bond donors (Lipinski definition) is 0. The second-order valence-electron chi connectivity index (χ2n) is 3.62. The summed E-state index contributed by atoms with van der Waals surface area (Å²) in [7, 11) is 0. The topological polar surface area (TPSA) is 17.1 Å². The van der Waals surface area contributed by atoms with Crippen molar-refractivity contribution >= 4 is 17.9 Å². The van der Waals surface area contributed by atoms with Crippen LogP contribution in [0.1, 0.15) is 58.3 Å².